The smallest absolute Gasteiger partial charge is 0.251 e. The van der Waals surface area contributed by atoms with Gasteiger partial charge in [-0.25, -0.2) is 0 Å². The molecular weight excluding hydrogens is 320 g/mol. The molecule has 2 heterocycles. The van der Waals surface area contributed by atoms with Gasteiger partial charge in [-0.15, -0.1) is 10.2 Å². The summed E-state index contributed by atoms with van der Waals surface area (Å²) in [4.78, 5) is 12.4. The van der Waals surface area contributed by atoms with Gasteiger partial charge in [0.25, 0.3) is 5.91 Å². The Bertz CT molecular complexity index is 742. The van der Waals surface area contributed by atoms with Gasteiger partial charge in [-0.2, -0.15) is 0 Å². The fourth-order valence-electron chi connectivity index (χ4n) is 3.02. The van der Waals surface area contributed by atoms with Gasteiger partial charge in [0.15, 0.2) is 17.3 Å². The Balaban J connectivity index is 1.68. The summed E-state index contributed by atoms with van der Waals surface area (Å²) in [6, 6.07) is 5.16. The molecule has 2 aromatic rings. The Morgan fingerprint density at radius 3 is 2.92 bits per heavy atom. The van der Waals surface area contributed by atoms with Gasteiger partial charge in [-0.05, 0) is 38.0 Å². The van der Waals surface area contributed by atoms with Crippen molar-refractivity contribution < 1.29 is 14.3 Å². The van der Waals surface area contributed by atoms with E-state index in [9.17, 15) is 4.79 Å². The Morgan fingerprint density at radius 1 is 1.24 bits per heavy atom. The highest BCUT2D eigenvalue weighted by Crippen LogP contribution is 2.28. The van der Waals surface area contributed by atoms with Crippen LogP contribution < -0.4 is 14.8 Å². The van der Waals surface area contributed by atoms with Gasteiger partial charge in [0, 0.05) is 18.5 Å². The number of nitrogens with one attached hydrogen (secondary N) is 1. The van der Waals surface area contributed by atoms with Crippen molar-refractivity contribution in [3.05, 3.63) is 35.4 Å². The van der Waals surface area contributed by atoms with E-state index >= 15 is 0 Å². The second-order valence-electron chi connectivity index (χ2n) is 5.98. The summed E-state index contributed by atoms with van der Waals surface area (Å²) < 4.78 is 12.9. The first-order valence-corrected chi connectivity index (χ1v) is 8.73. The van der Waals surface area contributed by atoms with E-state index in [1.54, 1.807) is 25.3 Å². The monoisotopic (exact) mass is 344 g/mol. The molecule has 1 aromatic carbocycles. The summed E-state index contributed by atoms with van der Waals surface area (Å²) in [5.74, 6) is 2.83. The Hall–Kier alpha value is -2.57. The Labute approximate surface area is 147 Å². The highest BCUT2D eigenvalue weighted by atomic mass is 16.5. The minimum atomic E-state index is -0.174. The molecule has 7 nitrogen and oxygen atoms in total. The van der Waals surface area contributed by atoms with Crippen LogP contribution in [0, 0.1) is 0 Å². The van der Waals surface area contributed by atoms with Crippen molar-refractivity contribution >= 4 is 5.91 Å². The van der Waals surface area contributed by atoms with E-state index in [0.717, 1.165) is 37.5 Å². The lowest BCUT2D eigenvalue weighted by molar-refractivity contribution is 0.0949. The lowest BCUT2D eigenvalue weighted by Crippen LogP contribution is -2.25. The van der Waals surface area contributed by atoms with Gasteiger partial charge < -0.3 is 19.4 Å². The molecule has 0 bridgehead atoms. The minimum absolute atomic E-state index is 0.174. The quantitative estimate of drug-likeness (QED) is 0.870. The second-order valence-corrected chi connectivity index (χ2v) is 5.98. The zero-order valence-corrected chi connectivity index (χ0v) is 14.7. The molecule has 0 aliphatic carbocycles. The number of methoxy groups -OCH3 is 1. The molecule has 0 spiro atoms. The number of fused-ring (bicyclic) bond motifs is 1. The molecule has 1 amide bonds. The van der Waals surface area contributed by atoms with Gasteiger partial charge in [0.05, 0.1) is 20.3 Å². The van der Waals surface area contributed by atoms with Crippen molar-refractivity contribution in [2.75, 3.05) is 13.7 Å². The highest BCUT2D eigenvalue weighted by Gasteiger charge is 2.16. The molecule has 0 unspecified atom stereocenters. The zero-order valence-electron chi connectivity index (χ0n) is 14.7. The zero-order chi connectivity index (χ0) is 17.6. The van der Waals surface area contributed by atoms with Gasteiger partial charge in [0.1, 0.15) is 5.82 Å². The Morgan fingerprint density at radius 2 is 2.12 bits per heavy atom. The molecule has 7 heteroatoms. The first kappa shape index (κ1) is 17.3. The van der Waals surface area contributed by atoms with Gasteiger partial charge in [-0.3, -0.25) is 4.79 Å². The van der Waals surface area contributed by atoms with Crippen LogP contribution in [0.4, 0.5) is 0 Å². The molecule has 0 saturated heterocycles. The third-order valence-corrected chi connectivity index (χ3v) is 4.32. The van der Waals surface area contributed by atoms with Crippen molar-refractivity contribution in [1.82, 2.24) is 20.1 Å². The number of ether oxygens (including phenoxy) is 2. The Kier molecular flexibility index (Phi) is 5.53. The normalized spacial score (nSPS) is 13.7. The van der Waals surface area contributed by atoms with Crippen LogP contribution in [0.3, 0.4) is 0 Å². The van der Waals surface area contributed by atoms with E-state index in [-0.39, 0.29) is 5.91 Å². The van der Waals surface area contributed by atoms with Crippen molar-refractivity contribution in [3.8, 4) is 11.5 Å². The SMILES string of the molecule is CCOc1ccc(C(=O)NCc2nnc3n2CCCCC3)cc1OC. The number of benzene rings is 1. The summed E-state index contributed by atoms with van der Waals surface area (Å²) >= 11 is 0. The van der Waals surface area contributed by atoms with E-state index in [4.69, 9.17) is 9.47 Å². The van der Waals surface area contributed by atoms with Crippen LogP contribution in [0.5, 0.6) is 11.5 Å². The number of carbonyl (C=O) groups excluding carboxylic acids is 1. The van der Waals surface area contributed by atoms with Crippen LogP contribution in [-0.2, 0) is 19.5 Å². The molecule has 134 valence electrons. The summed E-state index contributed by atoms with van der Waals surface area (Å²) in [6.07, 6.45) is 4.44. The van der Waals surface area contributed by atoms with Gasteiger partial charge >= 0.3 is 0 Å². The van der Waals surface area contributed by atoms with E-state index in [1.165, 1.54) is 6.42 Å². The predicted octanol–water partition coefficient (Wildman–Crippen LogP) is 2.34. The maximum Gasteiger partial charge on any atom is 0.251 e. The van der Waals surface area contributed by atoms with E-state index in [2.05, 4.69) is 20.1 Å². The predicted molar refractivity (Wildman–Crippen MR) is 92.9 cm³/mol. The van der Waals surface area contributed by atoms with E-state index in [1.807, 2.05) is 6.92 Å². The molecule has 1 aliphatic heterocycles. The molecule has 1 aromatic heterocycles. The average Bonchev–Trinajstić information content (AvgIpc) is 2.86. The lowest BCUT2D eigenvalue weighted by atomic mass is 10.2. The molecule has 0 saturated carbocycles. The van der Waals surface area contributed by atoms with Crippen molar-refractivity contribution in [2.24, 2.45) is 0 Å². The molecule has 0 fully saturated rings. The standard InChI is InChI=1S/C18H24N4O3/c1-3-25-14-9-8-13(11-15(14)24-2)18(23)19-12-17-21-20-16-7-5-4-6-10-22(16)17/h8-9,11H,3-7,10,12H2,1-2H3,(H,19,23). The van der Waals surface area contributed by atoms with Crippen LogP contribution in [0.25, 0.3) is 0 Å². The van der Waals surface area contributed by atoms with E-state index in [0.29, 0.717) is 30.2 Å². The van der Waals surface area contributed by atoms with Gasteiger partial charge in [0.2, 0.25) is 0 Å². The molecule has 25 heavy (non-hydrogen) atoms. The van der Waals surface area contributed by atoms with Crippen molar-refractivity contribution in [3.63, 3.8) is 0 Å². The maximum absolute atomic E-state index is 12.4. The summed E-state index contributed by atoms with van der Waals surface area (Å²) in [5.41, 5.74) is 0.524. The number of amides is 1. The average molecular weight is 344 g/mol. The fourth-order valence-corrected chi connectivity index (χ4v) is 3.02. The summed E-state index contributed by atoms with van der Waals surface area (Å²) in [7, 11) is 1.56. The summed E-state index contributed by atoms with van der Waals surface area (Å²) in [6.45, 7) is 3.73. The maximum atomic E-state index is 12.4. The molecule has 3 rings (SSSR count). The highest BCUT2D eigenvalue weighted by molar-refractivity contribution is 5.94. The number of hydrogen-bond donors (Lipinski definition) is 1. The largest absolute Gasteiger partial charge is 0.493 e. The number of hydrogen-bond acceptors (Lipinski definition) is 5. The fraction of sp³-hybridized carbons (Fsp3) is 0.500. The molecule has 1 aliphatic rings. The molecule has 0 atom stereocenters. The van der Waals surface area contributed by atoms with Crippen LogP contribution in [-0.4, -0.2) is 34.4 Å². The van der Waals surface area contributed by atoms with Crippen LogP contribution >= 0.6 is 0 Å². The number of rotatable bonds is 6. The number of nitrogens with zero attached hydrogens (tertiary/aromatic N) is 3. The number of aryl methyl sites for hydroxylation is 1. The van der Waals surface area contributed by atoms with Crippen molar-refractivity contribution in [2.45, 2.75) is 45.7 Å². The lowest BCUT2D eigenvalue weighted by Gasteiger charge is -2.11. The molecule has 0 radical (unpaired) electrons. The van der Waals surface area contributed by atoms with E-state index < -0.39 is 0 Å². The van der Waals surface area contributed by atoms with Crippen LogP contribution in [0.1, 0.15) is 48.2 Å². The van der Waals surface area contributed by atoms with Crippen LogP contribution in [0.2, 0.25) is 0 Å². The third-order valence-electron chi connectivity index (χ3n) is 4.32. The number of carbonyl (C=O) groups is 1. The molecule has 1 N–H and O–H groups in total. The number of aromatic nitrogens is 3. The first-order valence-electron chi connectivity index (χ1n) is 8.73. The topological polar surface area (TPSA) is 78.3 Å². The molecular formula is C18H24N4O3. The first-order chi connectivity index (χ1) is 12.2. The second kappa shape index (κ2) is 8.00. The summed E-state index contributed by atoms with van der Waals surface area (Å²) in [5, 5.41) is 11.4. The van der Waals surface area contributed by atoms with Crippen molar-refractivity contribution in [1.29, 1.82) is 0 Å². The minimum Gasteiger partial charge on any atom is -0.493 e. The third kappa shape index (κ3) is 3.92. The van der Waals surface area contributed by atoms with Crippen LogP contribution in [0.15, 0.2) is 18.2 Å². The van der Waals surface area contributed by atoms with Gasteiger partial charge in [-0.1, -0.05) is 6.42 Å².